The Balaban J connectivity index is 1.26. The molecule has 0 saturated carbocycles. The van der Waals surface area contributed by atoms with Crippen LogP contribution in [0.2, 0.25) is 0 Å². The highest BCUT2D eigenvalue weighted by Gasteiger charge is 2.73. The van der Waals surface area contributed by atoms with Crippen molar-refractivity contribution >= 4 is 40.5 Å². The summed E-state index contributed by atoms with van der Waals surface area (Å²) in [4.78, 5) is 48.9. The van der Waals surface area contributed by atoms with Crippen LogP contribution in [0.3, 0.4) is 0 Å². The highest BCUT2D eigenvalue weighted by atomic mass is 32.2. The van der Waals surface area contributed by atoms with Gasteiger partial charge in [0.25, 0.3) is 0 Å². The number of hydrogen-bond donors (Lipinski definition) is 1. The van der Waals surface area contributed by atoms with Gasteiger partial charge in [-0.2, -0.15) is 0 Å². The van der Waals surface area contributed by atoms with E-state index in [9.17, 15) is 19.5 Å². The van der Waals surface area contributed by atoms with E-state index in [0.717, 1.165) is 16.6 Å². The molecule has 2 saturated heterocycles. The topological polar surface area (TPSA) is 112 Å². The van der Waals surface area contributed by atoms with Gasteiger partial charge in [-0.1, -0.05) is 72.0 Å². The third-order valence-electron chi connectivity index (χ3n) is 9.47. The molecule has 0 aliphatic carbocycles. The average molecular weight is 613 g/mol. The minimum absolute atomic E-state index is 0.00773. The second-order valence-corrected chi connectivity index (χ2v) is 14.0. The molecule has 10 nitrogen and oxygen atoms in total. The van der Waals surface area contributed by atoms with Crippen LogP contribution < -0.4 is 0 Å². The fourth-order valence-corrected chi connectivity index (χ4v) is 9.67. The Morgan fingerprint density at radius 1 is 0.886 bits per heavy atom. The zero-order valence-electron chi connectivity index (χ0n) is 24.7. The summed E-state index contributed by atoms with van der Waals surface area (Å²) in [7, 11) is 0. The molecule has 228 valence electrons. The van der Waals surface area contributed by atoms with Gasteiger partial charge in [0, 0.05) is 37.5 Å². The summed E-state index contributed by atoms with van der Waals surface area (Å²) < 4.78 is 0.131. The largest absolute Gasteiger partial charge is 0.396 e. The normalized spacial score (nSPS) is 29.6. The molecule has 5 heterocycles. The summed E-state index contributed by atoms with van der Waals surface area (Å²) in [5, 5.41) is 18.1. The lowest BCUT2D eigenvalue weighted by Gasteiger charge is -2.36. The SMILES string of the molecule is C[C@]12C=CCN(Cc3ccccc3)C(=O)[C@H]1[C@H]1C(=O)N(CCCCO)C3C(=O)N(Cn4nnc5ccccc54)CC=C[C@@]31S2. The predicted octanol–water partition coefficient (Wildman–Crippen LogP) is 2.85. The number of benzene rings is 2. The van der Waals surface area contributed by atoms with Crippen molar-refractivity contribution in [3.63, 3.8) is 0 Å². The summed E-state index contributed by atoms with van der Waals surface area (Å²) >= 11 is 1.59. The Kier molecular flexibility index (Phi) is 7.32. The first-order chi connectivity index (χ1) is 21.4. The summed E-state index contributed by atoms with van der Waals surface area (Å²) in [5.41, 5.74) is 2.59. The Bertz CT molecular complexity index is 1660. The molecule has 0 radical (unpaired) electrons. The maximum absolute atomic E-state index is 14.6. The Morgan fingerprint density at radius 2 is 1.64 bits per heavy atom. The highest BCUT2D eigenvalue weighted by Crippen LogP contribution is 2.65. The van der Waals surface area contributed by atoms with Gasteiger partial charge in [0.15, 0.2) is 0 Å². The number of aromatic nitrogens is 3. The van der Waals surface area contributed by atoms with Gasteiger partial charge in [-0.15, -0.1) is 16.9 Å². The van der Waals surface area contributed by atoms with Gasteiger partial charge >= 0.3 is 0 Å². The molecule has 1 unspecified atom stereocenters. The van der Waals surface area contributed by atoms with E-state index in [-0.39, 0.29) is 31.0 Å². The monoisotopic (exact) mass is 612 g/mol. The van der Waals surface area contributed by atoms with Crippen LogP contribution in [-0.2, 0) is 27.6 Å². The number of unbranched alkanes of at least 4 members (excludes halogenated alkanes) is 1. The number of carbonyl (C=O) groups excluding carboxylic acids is 3. The molecule has 0 bridgehead atoms. The van der Waals surface area contributed by atoms with Gasteiger partial charge < -0.3 is 19.8 Å². The lowest BCUT2D eigenvalue weighted by atomic mass is 9.74. The molecule has 1 aromatic heterocycles. The van der Waals surface area contributed by atoms with Gasteiger partial charge in [0.2, 0.25) is 17.7 Å². The van der Waals surface area contributed by atoms with Crippen molar-refractivity contribution in [3.8, 4) is 0 Å². The van der Waals surface area contributed by atoms with Gasteiger partial charge in [-0.25, -0.2) is 4.68 Å². The molecule has 44 heavy (non-hydrogen) atoms. The van der Waals surface area contributed by atoms with Gasteiger partial charge in [-0.3, -0.25) is 14.4 Å². The number of fused-ring (bicyclic) bond motifs is 3. The molecule has 11 heteroatoms. The molecule has 2 aromatic carbocycles. The number of aliphatic hydroxyl groups is 1. The molecule has 3 aromatic rings. The van der Waals surface area contributed by atoms with Crippen molar-refractivity contribution in [2.45, 2.75) is 48.5 Å². The van der Waals surface area contributed by atoms with Crippen LogP contribution >= 0.6 is 11.8 Å². The lowest BCUT2D eigenvalue weighted by Crippen LogP contribution is -2.53. The van der Waals surface area contributed by atoms with Crippen molar-refractivity contribution in [1.29, 1.82) is 0 Å². The van der Waals surface area contributed by atoms with E-state index in [1.807, 2.05) is 84.6 Å². The molecule has 4 aliphatic rings. The van der Waals surface area contributed by atoms with Gasteiger partial charge in [0.05, 0.1) is 22.1 Å². The van der Waals surface area contributed by atoms with Crippen molar-refractivity contribution in [2.24, 2.45) is 11.8 Å². The molecule has 4 aliphatic heterocycles. The standard InChI is InChI=1S/C33H36N6O4S/c1-32-15-9-17-36(21-23-11-3-2-4-12-23)29(41)26(32)27-30(42)38(19-7-8-20-40)28-31(43)37(18-10-16-33(27,28)44-32)22-39-25-14-6-5-13-24(25)34-35-39/h2-6,9-16,26-28,40H,7-8,17-22H2,1H3/t26-,27+,28?,32+,33+/m1/s1. The first kappa shape index (κ1) is 28.8. The Hall–Kier alpha value is -3.96. The van der Waals surface area contributed by atoms with E-state index in [1.54, 1.807) is 26.2 Å². The number of thioether (sulfide) groups is 1. The number of hydrogen-bond acceptors (Lipinski definition) is 7. The molecule has 1 spiro atoms. The zero-order chi connectivity index (χ0) is 30.5. The second kappa shape index (κ2) is 11.2. The number of para-hydroxylation sites is 1. The smallest absolute Gasteiger partial charge is 0.248 e. The highest BCUT2D eigenvalue weighted by molar-refractivity contribution is 8.02. The summed E-state index contributed by atoms with van der Waals surface area (Å²) in [6.07, 6.45) is 9.22. The summed E-state index contributed by atoms with van der Waals surface area (Å²) in [6, 6.07) is 16.7. The third-order valence-corrected chi connectivity index (χ3v) is 11.3. The average Bonchev–Trinajstić information content (AvgIpc) is 3.55. The predicted molar refractivity (Wildman–Crippen MR) is 167 cm³/mol. The number of carbonyl (C=O) groups is 3. The molecule has 5 atom stereocenters. The molecular formula is C33H36N6O4S. The number of nitrogens with zero attached hydrogens (tertiary/aromatic N) is 6. The van der Waals surface area contributed by atoms with E-state index < -0.39 is 27.4 Å². The zero-order valence-corrected chi connectivity index (χ0v) is 25.5. The minimum Gasteiger partial charge on any atom is -0.396 e. The minimum atomic E-state index is -0.915. The van der Waals surface area contributed by atoms with Crippen LogP contribution in [0.4, 0.5) is 0 Å². The van der Waals surface area contributed by atoms with Crippen LogP contribution in [0.5, 0.6) is 0 Å². The molecule has 2 fully saturated rings. The van der Waals surface area contributed by atoms with E-state index in [4.69, 9.17) is 0 Å². The molecular weight excluding hydrogens is 576 g/mol. The molecule has 1 N–H and O–H groups in total. The summed E-state index contributed by atoms with van der Waals surface area (Å²) in [5.74, 6) is -1.72. The summed E-state index contributed by atoms with van der Waals surface area (Å²) in [6.45, 7) is 3.84. The van der Waals surface area contributed by atoms with E-state index >= 15 is 0 Å². The van der Waals surface area contributed by atoms with Gasteiger partial charge in [0.1, 0.15) is 18.2 Å². The van der Waals surface area contributed by atoms with Crippen LogP contribution in [-0.4, -0.2) is 94.3 Å². The number of aliphatic hydroxyl groups excluding tert-OH is 1. The van der Waals surface area contributed by atoms with E-state index in [1.165, 1.54) is 0 Å². The van der Waals surface area contributed by atoms with Crippen molar-refractivity contribution in [3.05, 3.63) is 84.5 Å². The van der Waals surface area contributed by atoms with Crippen LogP contribution in [0.1, 0.15) is 25.3 Å². The van der Waals surface area contributed by atoms with Crippen LogP contribution in [0, 0.1) is 11.8 Å². The molecule has 3 amide bonds. The Labute approximate surface area is 260 Å². The van der Waals surface area contributed by atoms with Crippen molar-refractivity contribution in [1.82, 2.24) is 29.7 Å². The number of rotatable bonds is 8. The third kappa shape index (κ3) is 4.56. The number of likely N-dealkylation sites (tertiary alicyclic amines) is 1. The van der Waals surface area contributed by atoms with Crippen LogP contribution in [0.15, 0.2) is 78.9 Å². The van der Waals surface area contributed by atoms with Crippen molar-refractivity contribution in [2.75, 3.05) is 26.2 Å². The first-order valence-corrected chi connectivity index (χ1v) is 16.0. The number of amides is 3. The molecule has 7 rings (SSSR count). The van der Waals surface area contributed by atoms with Crippen molar-refractivity contribution < 1.29 is 19.5 Å². The lowest BCUT2D eigenvalue weighted by molar-refractivity contribution is -0.145. The quantitative estimate of drug-likeness (QED) is 0.308. The second-order valence-electron chi connectivity index (χ2n) is 12.2. The maximum atomic E-state index is 14.6. The maximum Gasteiger partial charge on any atom is 0.248 e. The fraction of sp³-hybridized carbons (Fsp3) is 0.424. The Morgan fingerprint density at radius 3 is 2.45 bits per heavy atom. The van der Waals surface area contributed by atoms with Gasteiger partial charge in [-0.05, 0) is 37.5 Å². The fourth-order valence-electron chi connectivity index (χ4n) is 7.51. The van der Waals surface area contributed by atoms with E-state index in [2.05, 4.69) is 16.4 Å². The first-order valence-electron chi connectivity index (χ1n) is 15.2. The van der Waals surface area contributed by atoms with E-state index in [0.29, 0.717) is 39.0 Å². The van der Waals surface area contributed by atoms with Crippen LogP contribution in [0.25, 0.3) is 11.0 Å².